The van der Waals surface area contributed by atoms with Crippen molar-refractivity contribution in [1.82, 2.24) is 4.72 Å². The van der Waals surface area contributed by atoms with Crippen LogP contribution in [0.25, 0.3) is 0 Å². The molecule has 1 N–H and O–H groups in total. The van der Waals surface area contributed by atoms with E-state index in [9.17, 15) is 18.3 Å². The molecule has 2 bridgehead atoms. The summed E-state index contributed by atoms with van der Waals surface area (Å²) in [5, 5.41) is 14.2. The monoisotopic (exact) mass is 534 g/mol. The highest BCUT2D eigenvalue weighted by Gasteiger charge is 2.48. The SMILES string of the molecule is Cc1ccc(S(=O)(=O)NCC[N+]23CCC(CC2)C(OC(=O)C([O-])(c2ccccc2)c2ccccc2)C3)cc1. The fourth-order valence-electron chi connectivity index (χ4n) is 5.86. The lowest BCUT2D eigenvalue weighted by Gasteiger charge is -2.52. The van der Waals surface area contributed by atoms with Crippen LogP contribution < -0.4 is 9.83 Å². The zero-order valence-electron chi connectivity index (χ0n) is 21.6. The van der Waals surface area contributed by atoms with Crippen LogP contribution in [0.15, 0.2) is 89.8 Å². The Balaban J connectivity index is 1.29. The lowest BCUT2D eigenvalue weighted by atomic mass is 9.82. The average Bonchev–Trinajstić information content (AvgIpc) is 2.94. The molecule has 0 amide bonds. The summed E-state index contributed by atoms with van der Waals surface area (Å²) in [6.07, 6.45) is 1.38. The normalized spacial score (nSPS) is 23.2. The first-order valence-electron chi connectivity index (χ1n) is 13.2. The van der Waals surface area contributed by atoms with Gasteiger partial charge in [-0.25, -0.2) is 13.1 Å². The van der Waals surface area contributed by atoms with Crippen molar-refractivity contribution in [2.24, 2.45) is 5.92 Å². The molecule has 0 aromatic heterocycles. The first-order valence-corrected chi connectivity index (χ1v) is 14.6. The van der Waals surface area contributed by atoms with Gasteiger partial charge in [-0.3, -0.25) is 4.79 Å². The Bertz CT molecular complexity index is 1310. The molecule has 3 aliphatic rings. The fraction of sp³-hybridized carbons (Fsp3) is 0.367. The van der Waals surface area contributed by atoms with Gasteiger partial charge in [-0.05, 0) is 30.2 Å². The number of sulfonamides is 1. The third kappa shape index (κ3) is 5.27. The van der Waals surface area contributed by atoms with Gasteiger partial charge in [0.2, 0.25) is 10.0 Å². The number of nitrogens with one attached hydrogen (secondary N) is 1. The number of aryl methyl sites for hydroxylation is 1. The third-order valence-corrected chi connectivity index (χ3v) is 9.63. The van der Waals surface area contributed by atoms with Crippen LogP contribution in [0.4, 0.5) is 0 Å². The van der Waals surface area contributed by atoms with Gasteiger partial charge in [-0.1, -0.05) is 78.4 Å². The summed E-state index contributed by atoms with van der Waals surface area (Å²) in [5.41, 5.74) is -0.456. The molecule has 3 aliphatic heterocycles. The molecule has 3 aromatic rings. The molecule has 1 atom stereocenters. The van der Waals surface area contributed by atoms with Gasteiger partial charge < -0.3 is 14.3 Å². The van der Waals surface area contributed by atoms with Crippen molar-refractivity contribution in [3.8, 4) is 0 Å². The number of fused-ring (bicyclic) bond motifs is 3. The Hall–Kier alpha value is -3.04. The molecule has 0 saturated carbocycles. The molecule has 3 saturated heterocycles. The minimum atomic E-state index is -3.60. The first kappa shape index (κ1) is 26.6. The van der Waals surface area contributed by atoms with Crippen LogP contribution in [0.2, 0.25) is 0 Å². The summed E-state index contributed by atoms with van der Waals surface area (Å²) in [7, 11) is -3.60. The van der Waals surface area contributed by atoms with E-state index in [1.165, 1.54) is 0 Å². The molecule has 0 radical (unpaired) electrons. The van der Waals surface area contributed by atoms with Crippen molar-refractivity contribution in [2.45, 2.75) is 36.4 Å². The molecular formula is C30H34N2O5S. The Morgan fingerprint density at radius 2 is 1.50 bits per heavy atom. The second kappa shape index (κ2) is 10.6. The number of quaternary nitrogens is 1. The van der Waals surface area contributed by atoms with Gasteiger partial charge >= 0.3 is 5.97 Å². The van der Waals surface area contributed by atoms with E-state index in [2.05, 4.69) is 4.72 Å². The predicted octanol–water partition coefficient (Wildman–Crippen LogP) is 2.73. The maximum absolute atomic E-state index is 14.2. The summed E-state index contributed by atoms with van der Waals surface area (Å²) in [6, 6.07) is 24.1. The number of nitrogens with zero attached hydrogens (tertiary/aromatic N) is 1. The Morgan fingerprint density at radius 3 is 2.05 bits per heavy atom. The lowest BCUT2D eigenvalue weighted by Crippen LogP contribution is -2.66. The van der Waals surface area contributed by atoms with Gasteiger partial charge in [-0.2, -0.15) is 0 Å². The number of hydrogen-bond acceptors (Lipinski definition) is 5. The molecule has 1 unspecified atom stereocenters. The van der Waals surface area contributed by atoms with Gasteiger partial charge in [-0.15, -0.1) is 0 Å². The van der Waals surface area contributed by atoms with Gasteiger partial charge in [0.05, 0.1) is 31.1 Å². The fourth-order valence-corrected chi connectivity index (χ4v) is 6.88. The predicted molar refractivity (Wildman–Crippen MR) is 142 cm³/mol. The minimum absolute atomic E-state index is 0.207. The van der Waals surface area contributed by atoms with E-state index in [-0.39, 0.29) is 16.9 Å². The van der Waals surface area contributed by atoms with Crippen molar-refractivity contribution in [2.75, 3.05) is 32.7 Å². The van der Waals surface area contributed by atoms with E-state index in [1.54, 1.807) is 72.8 Å². The van der Waals surface area contributed by atoms with Crippen LogP contribution in [0.5, 0.6) is 0 Å². The highest BCUT2D eigenvalue weighted by atomic mass is 32.2. The van der Waals surface area contributed by atoms with Gasteiger partial charge in [0.1, 0.15) is 6.54 Å². The molecule has 3 fully saturated rings. The van der Waals surface area contributed by atoms with E-state index in [1.807, 2.05) is 19.1 Å². The number of hydrogen-bond donors (Lipinski definition) is 1. The van der Waals surface area contributed by atoms with Crippen LogP contribution in [0, 0.1) is 12.8 Å². The van der Waals surface area contributed by atoms with Gasteiger partial charge in [0.15, 0.2) is 6.10 Å². The molecule has 200 valence electrons. The van der Waals surface area contributed by atoms with Crippen molar-refractivity contribution in [3.05, 3.63) is 102 Å². The second-order valence-electron chi connectivity index (χ2n) is 10.6. The first-order chi connectivity index (χ1) is 18.2. The average molecular weight is 535 g/mol. The van der Waals surface area contributed by atoms with Gasteiger partial charge in [0.25, 0.3) is 0 Å². The molecule has 8 heteroatoms. The molecule has 6 rings (SSSR count). The molecule has 3 aromatic carbocycles. The minimum Gasteiger partial charge on any atom is -0.834 e. The van der Waals surface area contributed by atoms with Crippen LogP contribution in [0.1, 0.15) is 29.5 Å². The zero-order valence-corrected chi connectivity index (χ0v) is 22.4. The van der Waals surface area contributed by atoms with E-state index < -0.39 is 21.6 Å². The summed E-state index contributed by atoms with van der Waals surface area (Å²) in [4.78, 5) is 13.9. The maximum Gasteiger partial charge on any atom is 0.304 e. The number of rotatable bonds is 9. The summed E-state index contributed by atoms with van der Waals surface area (Å²) >= 11 is 0. The van der Waals surface area contributed by atoms with Crippen LogP contribution in [0.3, 0.4) is 0 Å². The van der Waals surface area contributed by atoms with Crippen LogP contribution in [-0.2, 0) is 25.2 Å². The van der Waals surface area contributed by atoms with Crippen LogP contribution >= 0.6 is 0 Å². The number of piperidine rings is 3. The highest BCUT2D eigenvalue weighted by molar-refractivity contribution is 7.89. The molecule has 0 spiro atoms. The quantitative estimate of drug-likeness (QED) is 0.337. The van der Waals surface area contributed by atoms with E-state index in [0.29, 0.717) is 35.2 Å². The summed E-state index contributed by atoms with van der Waals surface area (Å²) in [5.74, 6) is -0.578. The van der Waals surface area contributed by atoms with Crippen molar-refractivity contribution < 1.29 is 27.5 Å². The second-order valence-corrected chi connectivity index (χ2v) is 12.4. The van der Waals surface area contributed by atoms with E-state index >= 15 is 0 Å². The number of carbonyl (C=O) groups is 1. The number of carbonyl (C=O) groups excluding carboxylic acids is 1. The number of ether oxygens (including phenoxy) is 1. The van der Waals surface area contributed by atoms with Gasteiger partial charge in [0, 0.05) is 24.4 Å². The van der Waals surface area contributed by atoms with E-state index in [4.69, 9.17) is 4.74 Å². The molecule has 38 heavy (non-hydrogen) atoms. The Morgan fingerprint density at radius 1 is 0.947 bits per heavy atom. The summed E-state index contributed by atoms with van der Waals surface area (Å²) in [6.45, 7) is 5.21. The van der Waals surface area contributed by atoms with Crippen LogP contribution in [-0.4, -0.2) is 57.7 Å². The largest absolute Gasteiger partial charge is 0.834 e. The Kier molecular flexibility index (Phi) is 7.42. The molecular weight excluding hydrogens is 500 g/mol. The number of esters is 1. The molecule has 0 aliphatic carbocycles. The summed E-state index contributed by atoms with van der Waals surface area (Å²) < 4.78 is 35.0. The third-order valence-electron chi connectivity index (χ3n) is 8.16. The van der Waals surface area contributed by atoms with E-state index in [0.717, 1.165) is 31.5 Å². The topological polar surface area (TPSA) is 95.5 Å². The standard InChI is InChI=1S/C30H34N2O5S/c1-23-12-14-27(15-13-23)38(35,36)31-18-21-32-19-16-24(17-20-32)28(22-32)37-29(33)30(34,25-8-4-2-5-9-25)26-10-6-3-7-11-26/h2-15,24,28,31H,16-22H2,1H3. The smallest absolute Gasteiger partial charge is 0.304 e. The van der Waals surface area contributed by atoms with Crippen molar-refractivity contribution in [3.63, 3.8) is 0 Å². The van der Waals surface area contributed by atoms with Crippen molar-refractivity contribution in [1.29, 1.82) is 0 Å². The highest BCUT2D eigenvalue weighted by Crippen LogP contribution is 2.37. The Labute approximate surface area is 224 Å². The molecule has 7 nitrogen and oxygen atoms in total. The van der Waals surface area contributed by atoms with Crippen molar-refractivity contribution >= 4 is 16.0 Å². The number of benzene rings is 3. The maximum atomic E-state index is 14.2. The molecule has 3 heterocycles. The zero-order chi connectivity index (χ0) is 26.8. The lowest BCUT2D eigenvalue weighted by molar-refractivity contribution is -0.945.